The Morgan fingerprint density at radius 2 is 1.78 bits per heavy atom. The van der Waals surface area contributed by atoms with Crippen molar-refractivity contribution < 1.29 is 0 Å². The Morgan fingerprint density at radius 3 is 2.44 bits per heavy atom. The fourth-order valence-corrected chi connectivity index (χ4v) is 4.96. The van der Waals surface area contributed by atoms with Crippen LogP contribution in [0.5, 0.6) is 0 Å². The molecule has 2 aliphatic carbocycles. The first-order valence-corrected chi connectivity index (χ1v) is 7.64. The van der Waals surface area contributed by atoms with Gasteiger partial charge in [-0.2, -0.15) is 0 Å². The minimum atomic E-state index is 0.374. The summed E-state index contributed by atoms with van der Waals surface area (Å²) in [6, 6.07) is 8.61. The summed E-state index contributed by atoms with van der Waals surface area (Å²) < 4.78 is 0. The van der Waals surface area contributed by atoms with Crippen LogP contribution in [0.1, 0.15) is 45.6 Å². The second-order valence-electron chi connectivity index (χ2n) is 6.95. The lowest BCUT2D eigenvalue weighted by Crippen LogP contribution is -2.27. The van der Waals surface area contributed by atoms with Crippen molar-refractivity contribution in [2.75, 3.05) is 0 Å². The highest BCUT2D eigenvalue weighted by molar-refractivity contribution is 6.30. The van der Waals surface area contributed by atoms with E-state index in [0.29, 0.717) is 5.41 Å². The van der Waals surface area contributed by atoms with Gasteiger partial charge in [0.2, 0.25) is 0 Å². The predicted octanol–water partition coefficient (Wildman–Crippen LogP) is 5.30. The molecule has 2 fully saturated rings. The van der Waals surface area contributed by atoms with Gasteiger partial charge in [-0.1, -0.05) is 44.5 Å². The van der Waals surface area contributed by atoms with E-state index in [1.54, 1.807) is 0 Å². The number of hydrogen-bond acceptors (Lipinski definition) is 0. The van der Waals surface area contributed by atoms with E-state index >= 15 is 0 Å². The van der Waals surface area contributed by atoms with Crippen LogP contribution < -0.4 is 0 Å². The van der Waals surface area contributed by atoms with E-state index < -0.39 is 0 Å². The van der Waals surface area contributed by atoms with E-state index in [1.165, 1.54) is 24.8 Å². The van der Waals surface area contributed by atoms with Gasteiger partial charge in [0.1, 0.15) is 0 Å². The van der Waals surface area contributed by atoms with Gasteiger partial charge in [0.05, 0.1) is 0 Å². The number of rotatable bonds is 1. The zero-order valence-corrected chi connectivity index (χ0v) is 12.4. The first-order valence-electron chi connectivity index (χ1n) is 7.27. The van der Waals surface area contributed by atoms with Crippen molar-refractivity contribution in [2.45, 2.75) is 45.4 Å². The lowest BCUT2D eigenvalue weighted by atomic mass is 9.72. The first kappa shape index (κ1) is 12.5. The van der Waals surface area contributed by atoms with Crippen LogP contribution in [0, 0.1) is 23.7 Å². The molecule has 1 aromatic carbocycles. The molecule has 0 nitrogen and oxygen atoms in total. The lowest BCUT2D eigenvalue weighted by Gasteiger charge is -2.32. The Balaban J connectivity index is 1.97. The van der Waals surface area contributed by atoms with Crippen LogP contribution in [0.15, 0.2) is 24.3 Å². The van der Waals surface area contributed by atoms with E-state index in [4.69, 9.17) is 11.6 Å². The second-order valence-corrected chi connectivity index (χ2v) is 7.39. The van der Waals surface area contributed by atoms with Gasteiger partial charge in [0.25, 0.3) is 0 Å². The van der Waals surface area contributed by atoms with Crippen molar-refractivity contribution in [3.63, 3.8) is 0 Å². The summed E-state index contributed by atoms with van der Waals surface area (Å²) in [5.74, 6) is 3.61. The van der Waals surface area contributed by atoms with Crippen molar-refractivity contribution >= 4 is 11.6 Å². The molecule has 2 aliphatic rings. The van der Waals surface area contributed by atoms with Crippen LogP contribution in [0.2, 0.25) is 5.02 Å². The smallest absolute Gasteiger partial charge is 0.0406 e. The van der Waals surface area contributed by atoms with Gasteiger partial charge in [-0.05, 0) is 66.0 Å². The zero-order valence-electron chi connectivity index (χ0n) is 11.6. The van der Waals surface area contributed by atoms with Crippen LogP contribution >= 0.6 is 11.6 Å². The molecular formula is C17H23Cl. The third-order valence-corrected chi connectivity index (χ3v) is 5.90. The predicted molar refractivity (Wildman–Crippen MR) is 78.0 cm³/mol. The highest BCUT2D eigenvalue weighted by Crippen LogP contribution is 2.59. The van der Waals surface area contributed by atoms with E-state index in [0.717, 1.165) is 28.7 Å². The van der Waals surface area contributed by atoms with Gasteiger partial charge < -0.3 is 0 Å². The van der Waals surface area contributed by atoms with E-state index in [2.05, 4.69) is 45.0 Å². The first-order chi connectivity index (χ1) is 8.50. The summed E-state index contributed by atoms with van der Waals surface area (Å²) in [6.45, 7) is 7.36. The Bertz CT molecular complexity index is 435. The maximum atomic E-state index is 6.03. The minimum Gasteiger partial charge on any atom is -0.0843 e. The molecule has 1 aromatic rings. The number of hydrogen-bond donors (Lipinski definition) is 0. The molecule has 3 rings (SSSR count). The number of benzene rings is 1. The van der Waals surface area contributed by atoms with Crippen molar-refractivity contribution in [3.8, 4) is 0 Å². The Kier molecular flexibility index (Phi) is 2.97. The summed E-state index contributed by atoms with van der Waals surface area (Å²) in [5, 5.41) is 0.852. The summed E-state index contributed by atoms with van der Waals surface area (Å²) in [7, 11) is 0. The second kappa shape index (κ2) is 4.27. The third kappa shape index (κ3) is 1.81. The average Bonchev–Trinajstić information content (AvgIpc) is 2.81. The normalized spacial score (nSPS) is 43.1. The molecule has 0 radical (unpaired) electrons. The standard InChI is InChI=1S/C17H23Cl/c1-11-8-15-12(2)10-17(3,16(15)9-11)13-4-6-14(18)7-5-13/h4-7,11-12,15-16H,8-10H2,1-3H3. The van der Waals surface area contributed by atoms with Crippen molar-refractivity contribution in [1.29, 1.82) is 0 Å². The summed E-state index contributed by atoms with van der Waals surface area (Å²) in [4.78, 5) is 0. The van der Waals surface area contributed by atoms with Crippen molar-refractivity contribution in [3.05, 3.63) is 34.9 Å². The summed E-state index contributed by atoms with van der Waals surface area (Å²) in [5.41, 5.74) is 1.87. The molecule has 0 N–H and O–H groups in total. The van der Waals surface area contributed by atoms with Gasteiger partial charge in [-0.3, -0.25) is 0 Å². The van der Waals surface area contributed by atoms with E-state index in [-0.39, 0.29) is 0 Å². The van der Waals surface area contributed by atoms with Crippen LogP contribution in [0.4, 0.5) is 0 Å². The van der Waals surface area contributed by atoms with Crippen LogP contribution in [0.3, 0.4) is 0 Å². The molecule has 0 spiro atoms. The van der Waals surface area contributed by atoms with Crippen LogP contribution in [-0.2, 0) is 5.41 Å². The molecule has 0 saturated heterocycles. The maximum absolute atomic E-state index is 6.03. The topological polar surface area (TPSA) is 0 Å². The highest BCUT2D eigenvalue weighted by atomic mass is 35.5. The molecule has 5 unspecified atom stereocenters. The summed E-state index contributed by atoms with van der Waals surface area (Å²) >= 11 is 6.03. The fourth-order valence-electron chi connectivity index (χ4n) is 4.83. The van der Waals surface area contributed by atoms with Crippen LogP contribution in [-0.4, -0.2) is 0 Å². The largest absolute Gasteiger partial charge is 0.0843 e. The average molecular weight is 263 g/mol. The molecule has 18 heavy (non-hydrogen) atoms. The van der Waals surface area contributed by atoms with Crippen molar-refractivity contribution in [2.24, 2.45) is 23.7 Å². The van der Waals surface area contributed by atoms with Gasteiger partial charge in [0.15, 0.2) is 0 Å². The molecule has 0 amide bonds. The summed E-state index contributed by atoms with van der Waals surface area (Å²) in [6.07, 6.45) is 4.19. The van der Waals surface area contributed by atoms with Gasteiger partial charge >= 0.3 is 0 Å². The molecule has 1 heteroatoms. The SMILES string of the molecule is CC1CC2C(C)CC(C)(c3ccc(Cl)cc3)C2C1. The van der Waals surface area contributed by atoms with E-state index in [9.17, 15) is 0 Å². The fraction of sp³-hybridized carbons (Fsp3) is 0.647. The minimum absolute atomic E-state index is 0.374. The molecular weight excluding hydrogens is 240 g/mol. The molecule has 0 bridgehead atoms. The molecule has 0 heterocycles. The van der Waals surface area contributed by atoms with Crippen LogP contribution in [0.25, 0.3) is 0 Å². The van der Waals surface area contributed by atoms with E-state index in [1.807, 2.05) is 0 Å². The van der Waals surface area contributed by atoms with Gasteiger partial charge in [-0.15, -0.1) is 0 Å². The zero-order chi connectivity index (χ0) is 12.9. The highest BCUT2D eigenvalue weighted by Gasteiger charge is 2.52. The monoisotopic (exact) mass is 262 g/mol. The molecule has 98 valence electrons. The Hall–Kier alpha value is -0.490. The number of halogens is 1. The molecule has 0 aromatic heterocycles. The lowest BCUT2D eigenvalue weighted by molar-refractivity contribution is 0.308. The van der Waals surface area contributed by atoms with Gasteiger partial charge in [0, 0.05) is 5.02 Å². The van der Waals surface area contributed by atoms with Crippen molar-refractivity contribution in [1.82, 2.24) is 0 Å². The maximum Gasteiger partial charge on any atom is 0.0406 e. The number of fused-ring (bicyclic) bond motifs is 1. The molecule has 0 aliphatic heterocycles. The third-order valence-electron chi connectivity index (χ3n) is 5.65. The quantitative estimate of drug-likeness (QED) is 0.644. The Labute approximate surface area is 116 Å². The van der Waals surface area contributed by atoms with Gasteiger partial charge in [-0.25, -0.2) is 0 Å². The molecule has 2 saturated carbocycles. The Morgan fingerprint density at radius 1 is 1.11 bits per heavy atom. The molecule has 5 atom stereocenters.